The molecule has 13 heavy (non-hydrogen) atoms. The summed E-state index contributed by atoms with van der Waals surface area (Å²) in [5.41, 5.74) is 0. The van der Waals surface area contributed by atoms with E-state index in [0.717, 1.165) is 25.7 Å². The molecule has 0 aliphatic rings. The molecular formula is C13H22. The highest BCUT2D eigenvalue weighted by molar-refractivity contribution is 4.74. The Morgan fingerprint density at radius 3 is 1.08 bits per heavy atom. The molecule has 0 nitrogen and oxygen atoms in total. The van der Waals surface area contributed by atoms with Gasteiger partial charge in [0.25, 0.3) is 0 Å². The Morgan fingerprint density at radius 1 is 0.538 bits per heavy atom. The van der Waals surface area contributed by atoms with Crippen LogP contribution in [0.3, 0.4) is 0 Å². The Kier molecular flexibility index (Phi) is 19.1. The molecule has 0 saturated carbocycles. The van der Waals surface area contributed by atoms with Gasteiger partial charge < -0.3 is 0 Å². The SMILES string of the molecule is C=CCCC=C.C=CCCCC=C. The van der Waals surface area contributed by atoms with E-state index >= 15 is 0 Å². The van der Waals surface area contributed by atoms with Gasteiger partial charge >= 0.3 is 0 Å². The summed E-state index contributed by atoms with van der Waals surface area (Å²) < 4.78 is 0. The molecule has 0 aromatic rings. The van der Waals surface area contributed by atoms with Crippen LogP contribution in [0.15, 0.2) is 50.6 Å². The molecule has 0 fully saturated rings. The number of hydrogen-bond acceptors (Lipinski definition) is 0. The van der Waals surface area contributed by atoms with E-state index in [1.54, 1.807) is 0 Å². The maximum atomic E-state index is 3.60. The minimum Gasteiger partial charge on any atom is -0.103 e. The highest BCUT2D eigenvalue weighted by atomic mass is 13.8. The number of rotatable bonds is 7. The Labute approximate surface area is 83.4 Å². The van der Waals surface area contributed by atoms with E-state index < -0.39 is 0 Å². The van der Waals surface area contributed by atoms with E-state index in [4.69, 9.17) is 0 Å². The average Bonchev–Trinajstić information content (AvgIpc) is 2.17. The number of hydrogen-bond donors (Lipinski definition) is 0. The summed E-state index contributed by atoms with van der Waals surface area (Å²) in [6, 6.07) is 0. The van der Waals surface area contributed by atoms with E-state index in [1.165, 1.54) is 6.42 Å². The molecule has 0 radical (unpaired) electrons. The molecule has 0 aromatic heterocycles. The number of unbranched alkanes of at least 4 members (excludes halogenated alkanes) is 3. The Bertz CT molecular complexity index is 115. The van der Waals surface area contributed by atoms with Gasteiger partial charge in [-0.1, -0.05) is 24.3 Å². The standard InChI is InChI=1S/C7H12.C6H10/c1-3-5-7-6-4-2;1-3-5-6-4-2/h3-4H,1-2,5-7H2;3-4H,1-2,5-6H2. The topological polar surface area (TPSA) is 0 Å². The van der Waals surface area contributed by atoms with Gasteiger partial charge in [-0.05, 0) is 32.1 Å². The minimum absolute atomic E-state index is 1.06. The van der Waals surface area contributed by atoms with Gasteiger partial charge in [-0.2, -0.15) is 0 Å². The van der Waals surface area contributed by atoms with Crippen molar-refractivity contribution in [3.8, 4) is 0 Å². The first-order chi connectivity index (χ1) is 6.33. The van der Waals surface area contributed by atoms with Gasteiger partial charge in [0.15, 0.2) is 0 Å². The largest absolute Gasteiger partial charge is 0.103 e. The summed E-state index contributed by atoms with van der Waals surface area (Å²) in [6.45, 7) is 14.3. The molecule has 0 atom stereocenters. The molecule has 0 rings (SSSR count). The van der Waals surface area contributed by atoms with Crippen LogP contribution in [-0.2, 0) is 0 Å². The third-order valence-electron chi connectivity index (χ3n) is 1.39. The van der Waals surface area contributed by atoms with Gasteiger partial charge in [-0.3, -0.25) is 0 Å². The lowest BCUT2D eigenvalue weighted by Gasteiger charge is -1.84. The second-order valence-electron chi connectivity index (χ2n) is 2.66. The molecule has 0 heteroatoms. The fraction of sp³-hybridized carbons (Fsp3) is 0.385. The number of allylic oxidation sites excluding steroid dienone is 4. The molecule has 0 heterocycles. The first kappa shape index (κ1) is 14.5. The summed E-state index contributed by atoms with van der Waals surface area (Å²) in [6.07, 6.45) is 13.2. The van der Waals surface area contributed by atoms with Crippen molar-refractivity contribution in [2.45, 2.75) is 32.1 Å². The van der Waals surface area contributed by atoms with Crippen LogP contribution in [0.1, 0.15) is 32.1 Å². The Hall–Kier alpha value is -1.04. The van der Waals surface area contributed by atoms with Crippen molar-refractivity contribution in [2.75, 3.05) is 0 Å². The maximum absolute atomic E-state index is 3.60. The predicted molar refractivity (Wildman–Crippen MR) is 63.9 cm³/mol. The van der Waals surface area contributed by atoms with Crippen molar-refractivity contribution in [2.24, 2.45) is 0 Å². The van der Waals surface area contributed by atoms with E-state index in [1.807, 2.05) is 24.3 Å². The first-order valence-electron chi connectivity index (χ1n) is 4.77. The zero-order chi connectivity index (χ0) is 10.4. The van der Waals surface area contributed by atoms with Crippen LogP contribution in [0, 0.1) is 0 Å². The third-order valence-corrected chi connectivity index (χ3v) is 1.39. The fourth-order valence-electron chi connectivity index (χ4n) is 0.642. The van der Waals surface area contributed by atoms with Gasteiger partial charge in [0.2, 0.25) is 0 Å². The Balaban J connectivity index is 0. The molecule has 0 unspecified atom stereocenters. The van der Waals surface area contributed by atoms with Gasteiger partial charge in [0, 0.05) is 0 Å². The van der Waals surface area contributed by atoms with Crippen LogP contribution < -0.4 is 0 Å². The third kappa shape index (κ3) is 24.8. The molecule has 0 aromatic carbocycles. The highest BCUT2D eigenvalue weighted by Crippen LogP contribution is 1.94. The van der Waals surface area contributed by atoms with E-state index in [9.17, 15) is 0 Å². The molecule has 0 N–H and O–H groups in total. The van der Waals surface area contributed by atoms with Crippen molar-refractivity contribution in [3.05, 3.63) is 50.6 Å². The molecule has 0 spiro atoms. The highest BCUT2D eigenvalue weighted by Gasteiger charge is 1.74. The van der Waals surface area contributed by atoms with E-state index in [2.05, 4.69) is 26.3 Å². The van der Waals surface area contributed by atoms with Gasteiger partial charge in [0.1, 0.15) is 0 Å². The van der Waals surface area contributed by atoms with Crippen molar-refractivity contribution >= 4 is 0 Å². The van der Waals surface area contributed by atoms with Crippen molar-refractivity contribution in [1.29, 1.82) is 0 Å². The second kappa shape index (κ2) is 17.2. The summed E-state index contributed by atoms with van der Waals surface area (Å²) in [4.78, 5) is 0. The maximum Gasteiger partial charge on any atom is -0.0319 e. The van der Waals surface area contributed by atoms with Crippen LogP contribution in [0.25, 0.3) is 0 Å². The zero-order valence-corrected chi connectivity index (χ0v) is 8.67. The van der Waals surface area contributed by atoms with E-state index in [0.29, 0.717) is 0 Å². The lowest BCUT2D eigenvalue weighted by molar-refractivity contribution is 0.871. The molecule has 0 aliphatic carbocycles. The summed E-state index contributed by atoms with van der Waals surface area (Å²) in [7, 11) is 0. The van der Waals surface area contributed by atoms with Crippen molar-refractivity contribution in [1.82, 2.24) is 0 Å². The van der Waals surface area contributed by atoms with Crippen LogP contribution in [0.5, 0.6) is 0 Å². The van der Waals surface area contributed by atoms with Crippen LogP contribution >= 0.6 is 0 Å². The summed E-state index contributed by atoms with van der Waals surface area (Å²) in [5, 5.41) is 0. The van der Waals surface area contributed by atoms with Crippen LogP contribution in [0.4, 0.5) is 0 Å². The van der Waals surface area contributed by atoms with E-state index in [-0.39, 0.29) is 0 Å². The van der Waals surface area contributed by atoms with Crippen molar-refractivity contribution in [3.63, 3.8) is 0 Å². The smallest absolute Gasteiger partial charge is 0.0319 e. The quantitative estimate of drug-likeness (QED) is 0.392. The molecule has 0 aliphatic heterocycles. The molecular weight excluding hydrogens is 156 g/mol. The fourth-order valence-corrected chi connectivity index (χ4v) is 0.642. The molecule has 74 valence electrons. The first-order valence-corrected chi connectivity index (χ1v) is 4.77. The minimum atomic E-state index is 1.06. The Morgan fingerprint density at radius 2 is 0.846 bits per heavy atom. The lowest BCUT2D eigenvalue weighted by atomic mass is 10.2. The summed E-state index contributed by atoms with van der Waals surface area (Å²) >= 11 is 0. The van der Waals surface area contributed by atoms with Crippen LogP contribution in [0.2, 0.25) is 0 Å². The van der Waals surface area contributed by atoms with Gasteiger partial charge in [-0.15, -0.1) is 26.3 Å². The normalized spacial score (nSPS) is 7.69. The lowest BCUT2D eigenvalue weighted by Crippen LogP contribution is -1.64. The second-order valence-corrected chi connectivity index (χ2v) is 2.66. The zero-order valence-electron chi connectivity index (χ0n) is 8.67. The molecule has 0 saturated heterocycles. The van der Waals surface area contributed by atoms with Gasteiger partial charge in [0.05, 0.1) is 0 Å². The monoisotopic (exact) mass is 178 g/mol. The molecule has 0 bridgehead atoms. The average molecular weight is 178 g/mol. The van der Waals surface area contributed by atoms with Crippen LogP contribution in [-0.4, -0.2) is 0 Å². The van der Waals surface area contributed by atoms with Gasteiger partial charge in [-0.25, -0.2) is 0 Å². The molecule has 0 amide bonds. The predicted octanol–water partition coefficient (Wildman–Crippen LogP) is 4.67. The summed E-state index contributed by atoms with van der Waals surface area (Å²) in [5.74, 6) is 0. The van der Waals surface area contributed by atoms with Crippen molar-refractivity contribution < 1.29 is 0 Å².